The van der Waals surface area contributed by atoms with Gasteiger partial charge >= 0.3 is 6.03 Å². The number of aromatic nitrogens is 4. The SMILES string of the molecule is CC(Sc1nnnn1Cc1cccs1)C(=O)NC(=O)NC12CC3CC(CC(C3)C1)C2. The van der Waals surface area contributed by atoms with Gasteiger partial charge in [-0.2, -0.15) is 0 Å². The van der Waals surface area contributed by atoms with E-state index in [1.165, 1.54) is 31.0 Å². The van der Waals surface area contributed by atoms with Crippen LogP contribution >= 0.6 is 23.1 Å². The van der Waals surface area contributed by atoms with E-state index in [9.17, 15) is 9.59 Å². The number of carbonyl (C=O) groups is 2. The maximum atomic E-state index is 12.6. The normalized spacial score (nSPS) is 30.2. The van der Waals surface area contributed by atoms with E-state index < -0.39 is 5.25 Å². The van der Waals surface area contributed by atoms with Crippen molar-refractivity contribution in [1.29, 1.82) is 0 Å². The molecule has 0 radical (unpaired) electrons. The van der Waals surface area contributed by atoms with Crippen LogP contribution in [-0.4, -0.2) is 42.9 Å². The molecule has 4 aliphatic carbocycles. The lowest BCUT2D eigenvalue weighted by molar-refractivity contribution is -0.119. The number of tetrazole rings is 1. The summed E-state index contributed by atoms with van der Waals surface area (Å²) in [5.74, 6) is 1.89. The molecule has 2 aromatic heterocycles. The van der Waals surface area contributed by atoms with E-state index in [1.807, 2.05) is 17.5 Å². The summed E-state index contributed by atoms with van der Waals surface area (Å²) in [6.45, 7) is 2.33. The van der Waals surface area contributed by atoms with Gasteiger partial charge in [0.05, 0.1) is 11.8 Å². The number of rotatable bonds is 6. The zero-order valence-corrected chi connectivity index (χ0v) is 18.5. The molecule has 0 spiro atoms. The molecule has 1 unspecified atom stereocenters. The highest BCUT2D eigenvalue weighted by atomic mass is 32.2. The molecule has 1 atom stereocenters. The molecule has 4 saturated carbocycles. The minimum Gasteiger partial charge on any atom is -0.332 e. The maximum absolute atomic E-state index is 12.6. The predicted octanol–water partition coefficient (Wildman–Crippen LogP) is 3.06. The van der Waals surface area contributed by atoms with Gasteiger partial charge < -0.3 is 5.32 Å². The van der Waals surface area contributed by atoms with Crippen LogP contribution in [0.2, 0.25) is 0 Å². The Balaban J connectivity index is 1.16. The third-order valence-electron chi connectivity index (χ3n) is 6.69. The van der Waals surface area contributed by atoms with Gasteiger partial charge in [0.2, 0.25) is 11.1 Å². The summed E-state index contributed by atoms with van der Waals surface area (Å²) in [7, 11) is 0. The fourth-order valence-electron chi connectivity index (χ4n) is 5.89. The Hall–Kier alpha value is -1.94. The third kappa shape index (κ3) is 4.12. The number of nitrogens with one attached hydrogen (secondary N) is 2. The Morgan fingerprint density at radius 2 is 1.97 bits per heavy atom. The first kappa shape index (κ1) is 20.0. The van der Waals surface area contributed by atoms with E-state index >= 15 is 0 Å². The molecule has 2 aromatic rings. The second-order valence-electron chi connectivity index (χ2n) is 9.10. The van der Waals surface area contributed by atoms with Crippen LogP contribution in [-0.2, 0) is 11.3 Å². The van der Waals surface area contributed by atoms with Crippen molar-refractivity contribution in [2.45, 2.75) is 67.9 Å². The monoisotopic (exact) mass is 446 g/mol. The van der Waals surface area contributed by atoms with Crippen molar-refractivity contribution in [3.63, 3.8) is 0 Å². The van der Waals surface area contributed by atoms with Gasteiger partial charge in [-0.15, -0.1) is 16.4 Å². The van der Waals surface area contributed by atoms with Crippen LogP contribution in [0.25, 0.3) is 0 Å². The molecule has 6 rings (SSSR count). The summed E-state index contributed by atoms with van der Waals surface area (Å²) in [5, 5.41) is 19.6. The smallest absolute Gasteiger partial charge is 0.321 e. The quantitative estimate of drug-likeness (QED) is 0.661. The Labute approximate surface area is 183 Å². The maximum Gasteiger partial charge on any atom is 0.321 e. The zero-order chi connectivity index (χ0) is 20.7. The first-order chi connectivity index (χ1) is 14.5. The number of nitrogens with zero attached hydrogens (tertiary/aromatic N) is 4. The predicted molar refractivity (Wildman–Crippen MR) is 114 cm³/mol. The topological polar surface area (TPSA) is 102 Å². The van der Waals surface area contributed by atoms with Crippen molar-refractivity contribution in [2.24, 2.45) is 17.8 Å². The molecule has 2 N–H and O–H groups in total. The molecular weight excluding hydrogens is 420 g/mol. The van der Waals surface area contributed by atoms with E-state index in [-0.39, 0.29) is 17.5 Å². The first-order valence-electron chi connectivity index (χ1n) is 10.6. The van der Waals surface area contributed by atoms with Crippen LogP contribution in [0.1, 0.15) is 50.3 Å². The van der Waals surface area contributed by atoms with Gasteiger partial charge in [-0.05, 0) is 85.1 Å². The number of hydrogen-bond donors (Lipinski definition) is 2. The molecule has 8 nitrogen and oxygen atoms in total. The molecule has 4 bridgehead atoms. The van der Waals surface area contributed by atoms with Gasteiger partial charge in [-0.1, -0.05) is 17.8 Å². The number of thiophene rings is 1. The molecule has 4 aliphatic rings. The third-order valence-corrected chi connectivity index (χ3v) is 8.62. The second kappa shape index (κ2) is 7.96. The van der Waals surface area contributed by atoms with Gasteiger partial charge in [-0.25, -0.2) is 9.48 Å². The lowest BCUT2D eigenvalue weighted by Gasteiger charge is -2.56. The fraction of sp³-hybridized carbons (Fsp3) is 0.650. The van der Waals surface area contributed by atoms with Crippen LogP contribution in [0.4, 0.5) is 4.79 Å². The van der Waals surface area contributed by atoms with E-state index in [0.29, 0.717) is 11.7 Å². The highest BCUT2D eigenvalue weighted by molar-refractivity contribution is 8.00. The van der Waals surface area contributed by atoms with E-state index in [2.05, 4.69) is 26.2 Å². The van der Waals surface area contributed by atoms with Crippen molar-refractivity contribution in [1.82, 2.24) is 30.8 Å². The number of hydrogen-bond acceptors (Lipinski definition) is 7. The molecule has 4 fully saturated rings. The van der Waals surface area contributed by atoms with Crippen LogP contribution in [0.3, 0.4) is 0 Å². The highest BCUT2D eigenvalue weighted by Gasteiger charge is 2.51. The fourth-order valence-corrected chi connectivity index (χ4v) is 7.37. The number of imide groups is 1. The van der Waals surface area contributed by atoms with Gasteiger partial charge in [0.25, 0.3) is 0 Å². The van der Waals surface area contributed by atoms with Crippen LogP contribution < -0.4 is 10.6 Å². The molecule has 0 saturated heterocycles. The first-order valence-corrected chi connectivity index (χ1v) is 12.3. The largest absolute Gasteiger partial charge is 0.332 e. The summed E-state index contributed by atoms with van der Waals surface area (Å²) in [4.78, 5) is 26.4. The Morgan fingerprint density at radius 3 is 2.60 bits per heavy atom. The van der Waals surface area contributed by atoms with Crippen molar-refractivity contribution >= 4 is 35.0 Å². The number of amides is 3. The van der Waals surface area contributed by atoms with E-state index in [0.717, 1.165) is 41.9 Å². The summed E-state index contributed by atoms with van der Waals surface area (Å²) in [6.07, 6.45) is 7.12. The van der Waals surface area contributed by atoms with Gasteiger partial charge in [-0.3, -0.25) is 10.1 Å². The van der Waals surface area contributed by atoms with Crippen LogP contribution in [0, 0.1) is 17.8 Å². The average molecular weight is 447 g/mol. The molecule has 30 heavy (non-hydrogen) atoms. The molecule has 3 amide bonds. The average Bonchev–Trinajstić information content (AvgIpc) is 3.32. The molecular formula is C20H26N6O2S2. The molecule has 160 valence electrons. The van der Waals surface area contributed by atoms with Crippen molar-refractivity contribution in [3.05, 3.63) is 22.4 Å². The molecule has 2 heterocycles. The number of thioether (sulfide) groups is 1. The van der Waals surface area contributed by atoms with Crippen LogP contribution in [0.15, 0.2) is 22.7 Å². The standard InChI is InChI=1S/C20H26N6O2S2/c1-12(30-19-23-24-25-26(19)11-16-3-2-4-29-16)17(27)21-18(28)22-20-8-13-5-14(9-20)7-15(6-13)10-20/h2-4,12-15H,5-11H2,1H3,(H2,21,22,27,28). The zero-order valence-electron chi connectivity index (χ0n) is 16.9. The minimum atomic E-state index is -0.486. The van der Waals surface area contributed by atoms with E-state index in [1.54, 1.807) is 22.9 Å². The molecule has 10 heteroatoms. The summed E-state index contributed by atoms with van der Waals surface area (Å²) < 4.78 is 1.68. The second-order valence-corrected chi connectivity index (χ2v) is 11.4. The van der Waals surface area contributed by atoms with Crippen LogP contribution in [0.5, 0.6) is 0 Å². The summed E-state index contributed by atoms with van der Waals surface area (Å²) in [5.41, 5.74) is -0.111. The lowest BCUT2D eigenvalue weighted by atomic mass is 9.53. The Bertz CT molecular complexity index is 892. The summed E-state index contributed by atoms with van der Waals surface area (Å²) in [6, 6.07) is 3.63. The Kier molecular flexibility index (Phi) is 5.30. The molecule has 0 aliphatic heterocycles. The van der Waals surface area contributed by atoms with E-state index in [4.69, 9.17) is 0 Å². The van der Waals surface area contributed by atoms with Gasteiger partial charge in [0, 0.05) is 10.4 Å². The molecule has 0 aromatic carbocycles. The lowest BCUT2D eigenvalue weighted by Crippen LogP contribution is -2.62. The minimum absolute atomic E-state index is 0.111. The number of urea groups is 1. The Morgan fingerprint density at radius 1 is 1.27 bits per heavy atom. The van der Waals surface area contributed by atoms with Crippen molar-refractivity contribution in [2.75, 3.05) is 0 Å². The number of carbonyl (C=O) groups excluding carboxylic acids is 2. The van der Waals surface area contributed by atoms with Crippen molar-refractivity contribution in [3.8, 4) is 0 Å². The van der Waals surface area contributed by atoms with Gasteiger partial charge in [0.15, 0.2) is 0 Å². The summed E-state index contributed by atoms with van der Waals surface area (Å²) >= 11 is 2.89. The highest BCUT2D eigenvalue weighted by Crippen LogP contribution is 2.55. The van der Waals surface area contributed by atoms with Crippen molar-refractivity contribution < 1.29 is 9.59 Å². The van der Waals surface area contributed by atoms with Gasteiger partial charge in [0.1, 0.15) is 0 Å².